The van der Waals surface area contributed by atoms with Crippen LogP contribution in [0.5, 0.6) is 0 Å². The Morgan fingerprint density at radius 2 is 2.00 bits per heavy atom. The smallest absolute Gasteiger partial charge is 0.157 e. The Morgan fingerprint density at radius 3 is 2.70 bits per heavy atom. The van der Waals surface area contributed by atoms with Crippen molar-refractivity contribution < 1.29 is 8.78 Å². The van der Waals surface area contributed by atoms with Crippen LogP contribution in [0.1, 0.15) is 6.42 Å². The fourth-order valence-corrected chi connectivity index (χ4v) is 2.99. The minimum atomic E-state index is -0.549. The predicted octanol–water partition coefficient (Wildman–Crippen LogP) is 3.14. The van der Waals surface area contributed by atoms with Crippen molar-refractivity contribution >= 4 is 28.8 Å². The maximum Gasteiger partial charge on any atom is 0.157 e. The summed E-state index contributed by atoms with van der Waals surface area (Å²) >= 11 is 6.02. The van der Waals surface area contributed by atoms with Crippen LogP contribution in [0.3, 0.4) is 0 Å². The fraction of sp³-hybridized carbons (Fsp3) is 0.333. The highest BCUT2D eigenvalue weighted by molar-refractivity contribution is 6.32. The number of hydrogen-bond acceptors (Lipinski definition) is 5. The molecule has 0 radical (unpaired) electrons. The molecule has 5 nitrogen and oxygen atoms in total. The van der Waals surface area contributed by atoms with Gasteiger partial charge in [0.2, 0.25) is 0 Å². The Morgan fingerprint density at radius 1 is 1.26 bits per heavy atom. The van der Waals surface area contributed by atoms with Crippen molar-refractivity contribution in [1.29, 1.82) is 0 Å². The summed E-state index contributed by atoms with van der Waals surface area (Å²) in [5, 5.41) is 6.52. The zero-order valence-corrected chi connectivity index (χ0v) is 13.2. The first kappa shape index (κ1) is 15.7. The number of rotatable bonds is 4. The highest BCUT2D eigenvalue weighted by Crippen LogP contribution is 2.30. The van der Waals surface area contributed by atoms with Gasteiger partial charge in [-0.25, -0.2) is 18.7 Å². The average molecular weight is 340 g/mol. The number of anilines is 3. The third kappa shape index (κ3) is 3.14. The monoisotopic (exact) mass is 339 g/mol. The number of benzene rings is 1. The second kappa shape index (κ2) is 6.54. The van der Waals surface area contributed by atoms with Gasteiger partial charge in [-0.05, 0) is 18.6 Å². The van der Waals surface area contributed by atoms with Crippen molar-refractivity contribution in [3.8, 4) is 0 Å². The zero-order valence-electron chi connectivity index (χ0n) is 12.5. The van der Waals surface area contributed by atoms with E-state index in [1.165, 1.54) is 24.5 Å². The van der Waals surface area contributed by atoms with Gasteiger partial charge >= 0.3 is 0 Å². The number of aromatic nitrogens is 2. The summed E-state index contributed by atoms with van der Waals surface area (Å²) in [5.74, 6) is -0.522. The van der Waals surface area contributed by atoms with E-state index in [0.29, 0.717) is 29.7 Å². The van der Waals surface area contributed by atoms with Crippen LogP contribution in [-0.4, -0.2) is 36.1 Å². The Hall–Kier alpha value is -2.15. The van der Waals surface area contributed by atoms with Crippen LogP contribution >= 0.6 is 11.6 Å². The van der Waals surface area contributed by atoms with Crippen LogP contribution in [0.2, 0.25) is 5.15 Å². The molecule has 1 aliphatic heterocycles. The minimum Gasteiger partial charge on any atom is -0.383 e. The first-order valence-corrected chi connectivity index (χ1v) is 7.61. The van der Waals surface area contributed by atoms with Gasteiger partial charge in [-0.3, -0.25) is 0 Å². The van der Waals surface area contributed by atoms with Gasteiger partial charge in [0.25, 0.3) is 0 Å². The Kier molecular flexibility index (Phi) is 4.47. The molecule has 2 aromatic rings. The summed E-state index contributed by atoms with van der Waals surface area (Å²) in [6.45, 7) is 1.03. The van der Waals surface area contributed by atoms with Crippen LogP contribution in [0, 0.1) is 11.6 Å². The van der Waals surface area contributed by atoms with Gasteiger partial charge < -0.3 is 15.5 Å². The standard InChI is InChI=1S/C15H16ClF2N5/c1-19-12-14(16)20-8-21-15(12)22-9-5-6-23(7-9)13-10(17)3-2-4-11(13)18/h2-4,8-9,19H,5-7H2,1H3,(H,20,21,22). The first-order valence-electron chi connectivity index (χ1n) is 7.24. The Balaban J connectivity index is 1.75. The molecule has 1 atom stereocenters. The molecule has 0 amide bonds. The second-order valence-electron chi connectivity index (χ2n) is 5.28. The Bertz CT molecular complexity index is 692. The lowest BCUT2D eigenvalue weighted by Gasteiger charge is -2.21. The van der Waals surface area contributed by atoms with E-state index in [4.69, 9.17) is 11.6 Å². The fourth-order valence-electron chi connectivity index (χ4n) is 2.76. The number of hydrogen-bond donors (Lipinski definition) is 2. The molecule has 0 aliphatic carbocycles. The van der Waals surface area contributed by atoms with Crippen LogP contribution in [0.4, 0.5) is 26.0 Å². The van der Waals surface area contributed by atoms with Crippen molar-refractivity contribution in [2.24, 2.45) is 0 Å². The summed E-state index contributed by atoms with van der Waals surface area (Å²) < 4.78 is 27.8. The van der Waals surface area contributed by atoms with Crippen molar-refractivity contribution in [2.75, 3.05) is 35.7 Å². The molecule has 1 saturated heterocycles. The van der Waals surface area contributed by atoms with Gasteiger partial charge in [0.15, 0.2) is 11.0 Å². The maximum atomic E-state index is 13.9. The van der Waals surface area contributed by atoms with Gasteiger partial charge in [-0.2, -0.15) is 0 Å². The lowest BCUT2D eigenvalue weighted by Crippen LogP contribution is -2.28. The molecule has 2 N–H and O–H groups in total. The zero-order chi connectivity index (χ0) is 16.4. The average Bonchev–Trinajstić information content (AvgIpc) is 2.95. The van der Waals surface area contributed by atoms with E-state index in [2.05, 4.69) is 20.6 Å². The molecule has 1 aromatic carbocycles. The summed E-state index contributed by atoms with van der Waals surface area (Å²) in [5.41, 5.74) is 0.621. The lowest BCUT2D eigenvalue weighted by atomic mass is 10.2. The van der Waals surface area contributed by atoms with Gasteiger partial charge in [-0.1, -0.05) is 17.7 Å². The summed E-state index contributed by atoms with van der Waals surface area (Å²) in [6, 6.07) is 3.90. The molecule has 2 heterocycles. The molecule has 0 saturated carbocycles. The van der Waals surface area contributed by atoms with E-state index in [0.717, 1.165) is 6.42 Å². The minimum absolute atomic E-state index is 0.00655. The Labute approximate surface area is 137 Å². The molecule has 1 unspecified atom stereocenters. The molecule has 1 fully saturated rings. The van der Waals surface area contributed by atoms with Crippen molar-refractivity contribution in [3.05, 3.63) is 41.3 Å². The lowest BCUT2D eigenvalue weighted by molar-refractivity contribution is 0.577. The third-order valence-electron chi connectivity index (χ3n) is 3.83. The molecule has 8 heteroatoms. The number of nitrogens with zero attached hydrogens (tertiary/aromatic N) is 3. The van der Waals surface area contributed by atoms with Gasteiger partial charge in [-0.15, -0.1) is 0 Å². The molecule has 3 rings (SSSR count). The highest BCUT2D eigenvalue weighted by atomic mass is 35.5. The summed E-state index contributed by atoms with van der Waals surface area (Å²) in [6.07, 6.45) is 2.10. The topological polar surface area (TPSA) is 53.1 Å². The van der Waals surface area contributed by atoms with E-state index in [9.17, 15) is 8.78 Å². The van der Waals surface area contributed by atoms with Gasteiger partial charge in [0.1, 0.15) is 29.3 Å². The first-order chi connectivity index (χ1) is 11.1. The maximum absolute atomic E-state index is 13.9. The van der Waals surface area contributed by atoms with Crippen LogP contribution in [0.15, 0.2) is 24.5 Å². The van der Waals surface area contributed by atoms with Gasteiger partial charge in [0, 0.05) is 26.2 Å². The SMILES string of the molecule is CNc1c(Cl)ncnc1NC1CCN(c2c(F)cccc2F)C1. The second-order valence-corrected chi connectivity index (χ2v) is 5.64. The van der Waals surface area contributed by atoms with E-state index < -0.39 is 11.6 Å². The largest absolute Gasteiger partial charge is 0.383 e. The summed E-state index contributed by atoms with van der Waals surface area (Å²) in [7, 11) is 1.73. The third-order valence-corrected chi connectivity index (χ3v) is 4.12. The quantitative estimate of drug-likeness (QED) is 0.838. The van der Waals surface area contributed by atoms with Crippen LogP contribution < -0.4 is 15.5 Å². The highest BCUT2D eigenvalue weighted by Gasteiger charge is 2.27. The van der Waals surface area contributed by atoms with Crippen LogP contribution in [0.25, 0.3) is 0 Å². The molecule has 0 spiro atoms. The normalized spacial score (nSPS) is 17.4. The summed E-state index contributed by atoms with van der Waals surface area (Å²) in [4.78, 5) is 9.78. The molecular formula is C15H16ClF2N5. The molecule has 122 valence electrons. The van der Waals surface area contributed by atoms with E-state index in [1.54, 1.807) is 11.9 Å². The predicted molar refractivity (Wildman–Crippen MR) is 87.2 cm³/mol. The molecule has 1 aromatic heterocycles. The van der Waals surface area contributed by atoms with E-state index in [-0.39, 0.29) is 11.7 Å². The van der Waals surface area contributed by atoms with E-state index >= 15 is 0 Å². The van der Waals surface area contributed by atoms with Crippen LogP contribution in [-0.2, 0) is 0 Å². The van der Waals surface area contributed by atoms with Crippen molar-refractivity contribution in [1.82, 2.24) is 9.97 Å². The van der Waals surface area contributed by atoms with Gasteiger partial charge in [0.05, 0.1) is 0 Å². The van der Waals surface area contributed by atoms with Crippen molar-refractivity contribution in [2.45, 2.75) is 12.5 Å². The molecule has 23 heavy (non-hydrogen) atoms. The molecule has 0 bridgehead atoms. The number of halogens is 3. The molecular weight excluding hydrogens is 324 g/mol. The number of para-hydroxylation sites is 1. The van der Waals surface area contributed by atoms with E-state index in [1.807, 2.05) is 0 Å². The number of nitrogens with one attached hydrogen (secondary N) is 2. The van der Waals surface area contributed by atoms with Crippen molar-refractivity contribution in [3.63, 3.8) is 0 Å². The molecule has 1 aliphatic rings.